The maximum absolute atomic E-state index is 12.1. The Balaban J connectivity index is 1.95. The summed E-state index contributed by atoms with van der Waals surface area (Å²) in [6.45, 7) is 3.16. The first-order valence-electron chi connectivity index (χ1n) is 6.54. The van der Waals surface area contributed by atoms with Crippen LogP contribution in [0.1, 0.15) is 0 Å². The molecular formula is C13H20N2O4S. The quantitative estimate of drug-likeness (QED) is 0.813. The van der Waals surface area contributed by atoms with Gasteiger partial charge in [0, 0.05) is 25.6 Å². The van der Waals surface area contributed by atoms with E-state index in [1.807, 2.05) is 0 Å². The van der Waals surface area contributed by atoms with Crippen molar-refractivity contribution in [1.29, 1.82) is 0 Å². The summed E-state index contributed by atoms with van der Waals surface area (Å²) in [5.41, 5.74) is 0. The topological polar surface area (TPSA) is 76.7 Å². The maximum atomic E-state index is 12.1. The Hall–Kier alpha value is -1.15. The van der Waals surface area contributed by atoms with Crippen molar-refractivity contribution >= 4 is 10.0 Å². The smallest absolute Gasteiger partial charge is 0.240 e. The van der Waals surface area contributed by atoms with Gasteiger partial charge in [-0.3, -0.25) is 0 Å². The van der Waals surface area contributed by atoms with Gasteiger partial charge in [0.05, 0.1) is 25.2 Å². The second kappa shape index (κ2) is 7.03. The molecule has 112 valence electrons. The van der Waals surface area contributed by atoms with E-state index in [4.69, 9.17) is 9.47 Å². The van der Waals surface area contributed by atoms with E-state index in [0.29, 0.717) is 25.5 Å². The lowest BCUT2D eigenvalue weighted by atomic mass is 10.2. The van der Waals surface area contributed by atoms with Crippen LogP contribution in [0, 0.1) is 5.92 Å². The fourth-order valence-corrected chi connectivity index (χ4v) is 3.07. The molecule has 1 heterocycles. The van der Waals surface area contributed by atoms with Gasteiger partial charge in [0.25, 0.3) is 0 Å². The highest BCUT2D eigenvalue weighted by Gasteiger charge is 2.18. The molecule has 2 N–H and O–H groups in total. The molecule has 0 unspecified atom stereocenters. The Labute approximate surface area is 119 Å². The van der Waals surface area contributed by atoms with Gasteiger partial charge in [-0.05, 0) is 24.3 Å². The van der Waals surface area contributed by atoms with Crippen molar-refractivity contribution in [2.75, 3.05) is 40.0 Å². The first kappa shape index (κ1) is 15.2. The summed E-state index contributed by atoms with van der Waals surface area (Å²) in [6.07, 6.45) is 0. The summed E-state index contributed by atoms with van der Waals surface area (Å²) in [6, 6.07) is 6.32. The largest absolute Gasteiger partial charge is 0.497 e. The molecule has 0 aliphatic carbocycles. The number of hydrogen-bond acceptors (Lipinski definition) is 5. The number of methoxy groups -OCH3 is 1. The molecule has 1 aromatic rings. The van der Waals surface area contributed by atoms with Gasteiger partial charge in [-0.25, -0.2) is 13.1 Å². The van der Waals surface area contributed by atoms with Gasteiger partial charge in [0.1, 0.15) is 5.75 Å². The Bertz CT molecular complexity index is 508. The van der Waals surface area contributed by atoms with Gasteiger partial charge in [-0.15, -0.1) is 0 Å². The first-order chi connectivity index (χ1) is 9.62. The van der Waals surface area contributed by atoms with E-state index in [2.05, 4.69) is 10.0 Å². The van der Waals surface area contributed by atoms with Crippen molar-refractivity contribution in [3.8, 4) is 5.75 Å². The summed E-state index contributed by atoms with van der Waals surface area (Å²) in [5.74, 6) is 0.774. The number of benzene rings is 1. The van der Waals surface area contributed by atoms with Crippen molar-refractivity contribution < 1.29 is 17.9 Å². The number of sulfonamides is 1. The fraction of sp³-hybridized carbons (Fsp3) is 0.538. The summed E-state index contributed by atoms with van der Waals surface area (Å²) >= 11 is 0. The van der Waals surface area contributed by atoms with E-state index in [1.54, 1.807) is 19.2 Å². The van der Waals surface area contributed by atoms with Crippen molar-refractivity contribution in [2.24, 2.45) is 5.92 Å². The number of ether oxygens (including phenoxy) is 2. The average molecular weight is 300 g/mol. The SMILES string of the molecule is COc1ccc(S(=O)(=O)NC[C@H]2CNCCOC2)cc1. The van der Waals surface area contributed by atoms with Crippen molar-refractivity contribution in [2.45, 2.75) is 4.90 Å². The molecule has 7 heteroatoms. The van der Waals surface area contributed by atoms with E-state index in [0.717, 1.165) is 13.1 Å². The van der Waals surface area contributed by atoms with Gasteiger partial charge in [0.2, 0.25) is 10.0 Å². The predicted molar refractivity (Wildman–Crippen MR) is 75.4 cm³/mol. The Morgan fingerprint density at radius 1 is 1.40 bits per heavy atom. The molecule has 1 atom stereocenters. The molecule has 0 spiro atoms. The van der Waals surface area contributed by atoms with Crippen LogP contribution in [0.5, 0.6) is 5.75 Å². The van der Waals surface area contributed by atoms with Crippen LogP contribution in [0.15, 0.2) is 29.2 Å². The molecule has 1 aliphatic heterocycles. The van der Waals surface area contributed by atoms with Gasteiger partial charge in [-0.1, -0.05) is 0 Å². The summed E-state index contributed by atoms with van der Waals surface area (Å²) in [7, 11) is -1.94. The molecule has 1 aliphatic rings. The monoisotopic (exact) mass is 300 g/mol. The maximum Gasteiger partial charge on any atom is 0.240 e. The molecule has 6 nitrogen and oxygen atoms in total. The molecule has 1 aromatic carbocycles. The summed E-state index contributed by atoms with van der Waals surface area (Å²) in [4.78, 5) is 0.237. The minimum absolute atomic E-state index is 0.144. The lowest BCUT2D eigenvalue weighted by Gasteiger charge is -2.15. The third-order valence-corrected chi connectivity index (χ3v) is 4.58. The van der Waals surface area contributed by atoms with Crippen LogP contribution in [0.4, 0.5) is 0 Å². The number of rotatable bonds is 5. The molecule has 0 bridgehead atoms. The van der Waals surface area contributed by atoms with Gasteiger partial charge in [-0.2, -0.15) is 0 Å². The fourth-order valence-electron chi connectivity index (χ4n) is 1.96. The van der Waals surface area contributed by atoms with Crippen LogP contribution < -0.4 is 14.8 Å². The highest BCUT2D eigenvalue weighted by atomic mass is 32.2. The van der Waals surface area contributed by atoms with E-state index in [-0.39, 0.29) is 10.8 Å². The molecule has 1 fully saturated rings. The van der Waals surface area contributed by atoms with Crippen LogP contribution in [-0.4, -0.2) is 48.4 Å². The third kappa shape index (κ3) is 4.17. The Kier molecular flexibility index (Phi) is 5.36. The van der Waals surface area contributed by atoms with E-state index < -0.39 is 10.0 Å². The zero-order valence-corrected chi connectivity index (χ0v) is 12.3. The van der Waals surface area contributed by atoms with Gasteiger partial charge >= 0.3 is 0 Å². The Morgan fingerprint density at radius 3 is 2.85 bits per heavy atom. The highest BCUT2D eigenvalue weighted by Crippen LogP contribution is 2.15. The van der Waals surface area contributed by atoms with Crippen LogP contribution in [0.25, 0.3) is 0 Å². The van der Waals surface area contributed by atoms with Gasteiger partial charge in [0.15, 0.2) is 0 Å². The summed E-state index contributed by atoms with van der Waals surface area (Å²) < 4.78 is 37.3. The van der Waals surface area contributed by atoms with Crippen molar-refractivity contribution in [1.82, 2.24) is 10.0 Å². The molecule has 20 heavy (non-hydrogen) atoms. The van der Waals surface area contributed by atoms with Crippen LogP contribution in [0.3, 0.4) is 0 Å². The lowest BCUT2D eigenvalue weighted by molar-refractivity contribution is 0.124. The van der Waals surface area contributed by atoms with Crippen molar-refractivity contribution in [3.63, 3.8) is 0 Å². The highest BCUT2D eigenvalue weighted by molar-refractivity contribution is 7.89. The second-order valence-electron chi connectivity index (χ2n) is 4.67. The van der Waals surface area contributed by atoms with E-state index in [1.165, 1.54) is 12.1 Å². The second-order valence-corrected chi connectivity index (χ2v) is 6.44. The zero-order valence-electron chi connectivity index (χ0n) is 11.5. The standard InChI is InChI=1S/C13H20N2O4S/c1-18-12-2-4-13(5-3-12)20(16,17)15-9-11-8-14-6-7-19-10-11/h2-5,11,14-15H,6-10H2,1H3/t11-/m1/s1. The van der Waals surface area contributed by atoms with Crippen LogP contribution >= 0.6 is 0 Å². The van der Waals surface area contributed by atoms with Crippen molar-refractivity contribution in [3.05, 3.63) is 24.3 Å². The Morgan fingerprint density at radius 2 is 2.15 bits per heavy atom. The molecule has 0 amide bonds. The third-order valence-electron chi connectivity index (χ3n) is 3.14. The first-order valence-corrected chi connectivity index (χ1v) is 8.02. The normalized spacial score (nSPS) is 20.4. The van der Waals surface area contributed by atoms with Gasteiger partial charge < -0.3 is 14.8 Å². The zero-order chi connectivity index (χ0) is 14.4. The minimum atomic E-state index is -3.49. The van der Waals surface area contributed by atoms with Crippen LogP contribution in [0.2, 0.25) is 0 Å². The predicted octanol–water partition coefficient (Wildman–Crippen LogP) is 0.210. The molecular weight excluding hydrogens is 280 g/mol. The minimum Gasteiger partial charge on any atom is -0.497 e. The summed E-state index contributed by atoms with van der Waals surface area (Å²) in [5, 5.41) is 3.21. The number of hydrogen-bond donors (Lipinski definition) is 2. The molecule has 0 aromatic heterocycles. The molecule has 0 saturated carbocycles. The van der Waals surface area contributed by atoms with Crippen LogP contribution in [-0.2, 0) is 14.8 Å². The molecule has 1 saturated heterocycles. The molecule has 2 rings (SSSR count). The number of nitrogens with one attached hydrogen (secondary N) is 2. The van der Waals surface area contributed by atoms with E-state index >= 15 is 0 Å². The average Bonchev–Trinajstić information content (AvgIpc) is 2.74. The lowest BCUT2D eigenvalue weighted by Crippen LogP contribution is -2.35. The van der Waals surface area contributed by atoms with E-state index in [9.17, 15) is 8.42 Å². The molecule has 0 radical (unpaired) electrons.